The second kappa shape index (κ2) is 8.83. The summed E-state index contributed by atoms with van der Waals surface area (Å²) in [7, 11) is 0. The Hall–Kier alpha value is -3.45. The van der Waals surface area contributed by atoms with Crippen molar-refractivity contribution in [1.82, 2.24) is 10.3 Å². The number of aromatic nitrogens is 1. The first-order valence-electron chi connectivity index (χ1n) is 9.94. The van der Waals surface area contributed by atoms with Crippen molar-refractivity contribution in [2.24, 2.45) is 0 Å². The van der Waals surface area contributed by atoms with E-state index in [-0.39, 0.29) is 11.0 Å². The van der Waals surface area contributed by atoms with E-state index in [2.05, 4.69) is 15.6 Å². The molecule has 5 aromatic rings. The van der Waals surface area contributed by atoms with Gasteiger partial charge in [0.2, 0.25) is 5.89 Å². The van der Waals surface area contributed by atoms with Crippen LogP contribution < -0.4 is 10.6 Å². The smallest absolute Gasteiger partial charge is 0.257 e. The Morgan fingerprint density at radius 1 is 0.909 bits per heavy atom. The molecule has 0 aliphatic carbocycles. The zero-order valence-electron chi connectivity index (χ0n) is 16.9. The maximum absolute atomic E-state index is 12.3. The standard InChI is InChI=1S/C25H15Cl2N3O2S/c26-15-9-7-14(8-10-15)23(31)30-25(33)28-16-11-12-22-21(13-16)29-24(32-22)19-5-1-4-18-17(19)3-2-6-20(18)27/h1-13H,(H2,28,30,31,33). The average molecular weight is 492 g/mol. The maximum Gasteiger partial charge on any atom is 0.257 e. The summed E-state index contributed by atoms with van der Waals surface area (Å²) in [5, 5.41) is 8.95. The third-order valence-electron chi connectivity index (χ3n) is 5.08. The molecule has 33 heavy (non-hydrogen) atoms. The molecule has 4 aromatic carbocycles. The lowest BCUT2D eigenvalue weighted by Gasteiger charge is -2.09. The molecular weight excluding hydrogens is 477 g/mol. The van der Waals surface area contributed by atoms with Crippen LogP contribution in [0.2, 0.25) is 10.0 Å². The van der Waals surface area contributed by atoms with Gasteiger partial charge >= 0.3 is 0 Å². The lowest BCUT2D eigenvalue weighted by atomic mass is 10.0. The summed E-state index contributed by atoms with van der Waals surface area (Å²) >= 11 is 17.5. The zero-order chi connectivity index (χ0) is 22.9. The van der Waals surface area contributed by atoms with Crippen LogP contribution in [0.5, 0.6) is 0 Å². The number of hydrogen-bond acceptors (Lipinski definition) is 4. The van der Waals surface area contributed by atoms with Gasteiger partial charge in [0, 0.05) is 32.2 Å². The number of carbonyl (C=O) groups is 1. The highest BCUT2D eigenvalue weighted by molar-refractivity contribution is 7.80. The number of fused-ring (bicyclic) bond motifs is 2. The first-order chi connectivity index (χ1) is 16.0. The summed E-state index contributed by atoms with van der Waals surface area (Å²) in [6.07, 6.45) is 0. The van der Waals surface area contributed by atoms with E-state index >= 15 is 0 Å². The third kappa shape index (κ3) is 4.41. The predicted molar refractivity (Wildman–Crippen MR) is 137 cm³/mol. The van der Waals surface area contributed by atoms with Crippen LogP contribution in [0.4, 0.5) is 5.69 Å². The van der Waals surface area contributed by atoms with Crippen LogP contribution in [-0.4, -0.2) is 16.0 Å². The summed E-state index contributed by atoms with van der Waals surface area (Å²) in [5.41, 5.74) is 3.26. The van der Waals surface area contributed by atoms with E-state index in [0.717, 1.165) is 16.3 Å². The predicted octanol–water partition coefficient (Wildman–Crippen LogP) is 7.08. The number of nitrogens with zero attached hydrogens (tertiary/aromatic N) is 1. The van der Waals surface area contributed by atoms with Crippen LogP contribution in [0.15, 0.2) is 83.3 Å². The van der Waals surface area contributed by atoms with Gasteiger partial charge in [-0.3, -0.25) is 10.1 Å². The second-order valence-corrected chi connectivity index (χ2v) is 8.51. The number of nitrogens with one attached hydrogen (secondary N) is 2. The van der Waals surface area contributed by atoms with E-state index < -0.39 is 0 Å². The number of anilines is 1. The summed E-state index contributed by atoms with van der Waals surface area (Å²) < 4.78 is 6.00. The molecule has 0 atom stereocenters. The number of oxazole rings is 1. The van der Waals surface area contributed by atoms with Crippen molar-refractivity contribution in [3.8, 4) is 11.5 Å². The van der Waals surface area contributed by atoms with Gasteiger partial charge in [-0.2, -0.15) is 0 Å². The molecular formula is C25H15Cl2N3O2S. The van der Waals surface area contributed by atoms with Gasteiger partial charge < -0.3 is 9.73 Å². The number of amides is 1. The summed E-state index contributed by atoms with van der Waals surface area (Å²) in [6, 6.07) is 23.5. The van der Waals surface area contributed by atoms with Crippen molar-refractivity contribution in [3.63, 3.8) is 0 Å². The van der Waals surface area contributed by atoms with Crippen molar-refractivity contribution >= 4 is 74.0 Å². The summed E-state index contributed by atoms with van der Waals surface area (Å²) in [4.78, 5) is 17.0. The third-order valence-corrected chi connectivity index (χ3v) is 5.86. The Labute approximate surface area is 204 Å². The first kappa shape index (κ1) is 21.4. The van der Waals surface area contributed by atoms with E-state index in [0.29, 0.717) is 38.3 Å². The number of hydrogen-bond donors (Lipinski definition) is 2. The molecule has 0 aliphatic heterocycles. The highest BCUT2D eigenvalue weighted by Gasteiger charge is 2.14. The average Bonchev–Trinajstić information content (AvgIpc) is 3.22. The Morgan fingerprint density at radius 3 is 2.48 bits per heavy atom. The van der Waals surface area contributed by atoms with E-state index in [1.54, 1.807) is 42.5 Å². The van der Waals surface area contributed by atoms with Gasteiger partial charge in [0.15, 0.2) is 10.7 Å². The zero-order valence-corrected chi connectivity index (χ0v) is 19.3. The Morgan fingerprint density at radius 2 is 1.67 bits per heavy atom. The van der Waals surface area contributed by atoms with Crippen molar-refractivity contribution in [3.05, 3.63) is 94.5 Å². The number of rotatable bonds is 3. The SMILES string of the molecule is O=C(NC(=S)Nc1ccc2oc(-c3cccc4c(Cl)cccc34)nc2c1)c1ccc(Cl)cc1. The molecule has 0 bridgehead atoms. The van der Waals surface area contributed by atoms with Crippen molar-refractivity contribution in [2.75, 3.05) is 5.32 Å². The maximum atomic E-state index is 12.3. The van der Waals surface area contributed by atoms with E-state index in [1.165, 1.54) is 0 Å². The topological polar surface area (TPSA) is 67.2 Å². The summed E-state index contributed by atoms with van der Waals surface area (Å²) in [6.45, 7) is 0. The van der Waals surface area contributed by atoms with Gasteiger partial charge in [-0.05, 0) is 72.2 Å². The number of thiocarbonyl (C=S) groups is 1. The molecule has 8 heteroatoms. The monoisotopic (exact) mass is 491 g/mol. The molecule has 0 radical (unpaired) electrons. The minimum absolute atomic E-state index is 0.168. The Bertz CT molecular complexity index is 1530. The van der Waals surface area contributed by atoms with Crippen molar-refractivity contribution in [1.29, 1.82) is 0 Å². The van der Waals surface area contributed by atoms with Gasteiger partial charge in [-0.25, -0.2) is 4.98 Å². The molecule has 1 heterocycles. The molecule has 5 nitrogen and oxygen atoms in total. The number of carbonyl (C=O) groups excluding carboxylic acids is 1. The molecule has 1 amide bonds. The van der Waals surface area contributed by atoms with Crippen LogP contribution >= 0.6 is 35.4 Å². The van der Waals surface area contributed by atoms with Gasteiger partial charge in [0.05, 0.1) is 0 Å². The molecule has 162 valence electrons. The lowest BCUT2D eigenvalue weighted by Crippen LogP contribution is -2.34. The van der Waals surface area contributed by atoms with Gasteiger partial charge in [0.1, 0.15) is 5.52 Å². The number of halogens is 2. The minimum Gasteiger partial charge on any atom is -0.436 e. The van der Waals surface area contributed by atoms with Crippen LogP contribution in [0.1, 0.15) is 10.4 Å². The van der Waals surface area contributed by atoms with Crippen molar-refractivity contribution < 1.29 is 9.21 Å². The fraction of sp³-hybridized carbons (Fsp3) is 0. The molecule has 5 rings (SSSR count). The quantitative estimate of drug-likeness (QED) is 0.264. The Balaban J connectivity index is 1.38. The largest absolute Gasteiger partial charge is 0.436 e. The fourth-order valence-electron chi connectivity index (χ4n) is 3.52. The van der Waals surface area contributed by atoms with Gasteiger partial charge in [-0.15, -0.1) is 0 Å². The molecule has 1 aromatic heterocycles. The molecule has 0 unspecified atom stereocenters. The van der Waals surface area contributed by atoms with Gasteiger partial charge in [0.25, 0.3) is 5.91 Å². The lowest BCUT2D eigenvalue weighted by molar-refractivity contribution is 0.0977. The van der Waals surface area contributed by atoms with Crippen LogP contribution in [0.3, 0.4) is 0 Å². The van der Waals surface area contributed by atoms with Crippen molar-refractivity contribution in [2.45, 2.75) is 0 Å². The highest BCUT2D eigenvalue weighted by Crippen LogP contribution is 2.33. The van der Waals surface area contributed by atoms with E-state index in [4.69, 9.17) is 39.8 Å². The van der Waals surface area contributed by atoms with Crippen LogP contribution in [0.25, 0.3) is 33.3 Å². The molecule has 0 aliphatic rings. The summed E-state index contributed by atoms with van der Waals surface area (Å²) in [5.74, 6) is 0.164. The molecule has 0 saturated carbocycles. The molecule has 0 spiro atoms. The molecule has 2 N–H and O–H groups in total. The fourth-order valence-corrected chi connectivity index (χ4v) is 4.09. The molecule has 0 fully saturated rings. The van der Waals surface area contributed by atoms with E-state index in [9.17, 15) is 4.79 Å². The van der Waals surface area contributed by atoms with Crippen LogP contribution in [-0.2, 0) is 0 Å². The van der Waals surface area contributed by atoms with Gasteiger partial charge in [-0.1, -0.05) is 47.5 Å². The highest BCUT2D eigenvalue weighted by atomic mass is 35.5. The minimum atomic E-state index is -0.330. The first-order valence-corrected chi connectivity index (χ1v) is 11.1. The normalized spacial score (nSPS) is 11.0. The Kier molecular flexibility index (Phi) is 5.72. The van der Waals surface area contributed by atoms with E-state index in [1.807, 2.05) is 36.4 Å². The second-order valence-electron chi connectivity index (χ2n) is 7.26. The van der Waals surface area contributed by atoms with Crippen LogP contribution in [0, 0.1) is 0 Å². The number of benzene rings is 4. The molecule has 0 saturated heterocycles.